The van der Waals surface area contributed by atoms with Gasteiger partial charge in [0.1, 0.15) is 11.6 Å². The molecule has 3 rings (SSSR count). The molecule has 3 unspecified atom stereocenters. The van der Waals surface area contributed by atoms with Crippen molar-refractivity contribution in [1.29, 1.82) is 0 Å². The summed E-state index contributed by atoms with van der Waals surface area (Å²) < 4.78 is 6.92. The number of nitrogens with zero attached hydrogens (tertiary/aromatic N) is 3. The Bertz CT molecular complexity index is 976. The maximum Gasteiger partial charge on any atom is 0.249 e. The van der Waals surface area contributed by atoms with E-state index in [1.165, 1.54) is 0 Å². The Kier molecular flexibility index (Phi) is 9.13. The Labute approximate surface area is 235 Å². The van der Waals surface area contributed by atoms with Crippen LogP contribution in [-0.4, -0.2) is 92.6 Å². The van der Waals surface area contributed by atoms with E-state index in [4.69, 9.17) is 4.74 Å². The maximum atomic E-state index is 14.6. The number of rotatable bonds is 12. The van der Waals surface area contributed by atoms with Crippen LogP contribution in [0.3, 0.4) is 0 Å². The van der Waals surface area contributed by atoms with Crippen LogP contribution in [-0.2, 0) is 19.1 Å². The molecule has 1 N–H and O–H groups in total. The second-order valence-corrected chi connectivity index (χ2v) is 13.1. The molecule has 1 spiro atoms. The molecule has 3 heterocycles. The molecule has 0 aromatic carbocycles. The van der Waals surface area contributed by atoms with Gasteiger partial charge in [-0.1, -0.05) is 46.3 Å². The first-order chi connectivity index (χ1) is 18.2. The molecule has 3 aliphatic heterocycles. The second kappa shape index (κ2) is 11.4. The SMILES string of the molecule is C=CCN(CCC)C(=O)[C@H]1[C@H]2C(=O)N([C@@H](CO)[C@@H](C)CC)C(C(=O)N(CC=C)C(C)(C)C)C23CC(C)[C@]1(C)O3. The normalized spacial score (nSPS) is 33.1. The summed E-state index contributed by atoms with van der Waals surface area (Å²) in [6.07, 6.45) is 5.40. The van der Waals surface area contributed by atoms with E-state index < -0.39 is 40.7 Å². The van der Waals surface area contributed by atoms with Crippen molar-refractivity contribution in [3.8, 4) is 0 Å². The minimum absolute atomic E-state index is 0.0448. The number of hydrogen-bond donors (Lipinski definition) is 1. The first kappa shape index (κ1) is 31.3. The lowest BCUT2D eigenvalue weighted by Gasteiger charge is -2.44. The fourth-order valence-corrected chi connectivity index (χ4v) is 7.39. The van der Waals surface area contributed by atoms with Crippen LogP contribution in [0.1, 0.15) is 74.7 Å². The molecule has 0 aromatic heterocycles. The Morgan fingerprint density at radius 3 is 2.31 bits per heavy atom. The number of aliphatic hydroxyl groups excluding tert-OH is 1. The van der Waals surface area contributed by atoms with Crippen molar-refractivity contribution in [2.45, 2.75) is 103 Å². The van der Waals surface area contributed by atoms with Gasteiger partial charge in [-0.25, -0.2) is 0 Å². The van der Waals surface area contributed by atoms with Crippen molar-refractivity contribution in [2.75, 3.05) is 26.2 Å². The molecule has 8 atom stereocenters. The van der Waals surface area contributed by atoms with Crippen LogP contribution in [0, 0.1) is 23.7 Å². The minimum Gasteiger partial charge on any atom is -0.394 e. The molecule has 39 heavy (non-hydrogen) atoms. The van der Waals surface area contributed by atoms with Crippen molar-refractivity contribution in [2.24, 2.45) is 23.7 Å². The van der Waals surface area contributed by atoms with Crippen molar-refractivity contribution in [1.82, 2.24) is 14.7 Å². The third-order valence-electron chi connectivity index (χ3n) is 9.64. The van der Waals surface area contributed by atoms with Crippen LogP contribution < -0.4 is 0 Å². The second-order valence-electron chi connectivity index (χ2n) is 13.1. The highest BCUT2D eigenvalue weighted by molar-refractivity contribution is 5.99. The van der Waals surface area contributed by atoms with Crippen molar-refractivity contribution in [3.63, 3.8) is 0 Å². The van der Waals surface area contributed by atoms with Gasteiger partial charge in [0.25, 0.3) is 0 Å². The van der Waals surface area contributed by atoms with E-state index in [-0.39, 0.29) is 36.2 Å². The molecule has 0 aliphatic carbocycles. The summed E-state index contributed by atoms with van der Waals surface area (Å²) in [7, 11) is 0. The maximum absolute atomic E-state index is 14.6. The van der Waals surface area contributed by atoms with Crippen LogP contribution >= 0.6 is 0 Å². The highest BCUT2D eigenvalue weighted by Gasteiger charge is 2.80. The Morgan fingerprint density at radius 2 is 1.82 bits per heavy atom. The summed E-state index contributed by atoms with van der Waals surface area (Å²) in [5, 5.41) is 10.6. The van der Waals surface area contributed by atoms with Gasteiger partial charge >= 0.3 is 0 Å². The van der Waals surface area contributed by atoms with Gasteiger partial charge in [-0.15, -0.1) is 13.2 Å². The quantitative estimate of drug-likeness (QED) is 0.378. The molecular weight excluding hydrogens is 494 g/mol. The van der Waals surface area contributed by atoms with Crippen LogP contribution in [0.25, 0.3) is 0 Å². The Hall–Kier alpha value is -2.19. The number of ether oxygens (including phenoxy) is 1. The van der Waals surface area contributed by atoms with Crippen molar-refractivity contribution >= 4 is 17.7 Å². The van der Waals surface area contributed by atoms with Crippen LogP contribution in [0.4, 0.5) is 0 Å². The van der Waals surface area contributed by atoms with E-state index in [9.17, 15) is 19.5 Å². The summed E-state index contributed by atoms with van der Waals surface area (Å²) in [6.45, 7) is 24.6. The van der Waals surface area contributed by atoms with Crippen molar-refractivity contribution in [3.05, 3.63) is 25.3 Å². The smallest absolute Gasteiger partial charge is 0.249 e. The molecule has 0 aromatic rings. The number of aliphatic hydroxyl groups is 1. The third kappa shape index (κ3) is 4.86. The summed E-state index contributed by atoms with van der Waals surface area (Å²) in [5.74, 6) is -2.22. The lowest BCUT2D eigenvalue weighted by Crippen LogP contribution is -2.62. The Balaban J connectivity index is 2.25. The number of carbonyl (C=O) groups excluding carboxylic acids is 3. The van der Waals surface area contributed by atoms with Gasteiger partial charge in [0.05, 0.1) is 30.1 Å². The molecule has 3 amide bonds. The average Bonchev–Trinajstić information content (AvgIpc) is 3.38. The van der Waals surface area contributed by atoms with Gasteiger partial charge in [-0.05, 0) is 52.4 Å². The molecule has 2 bridgehead atoms. The molecule has 0 saturated carbocycles. The van der Waals surface area contributed by atoms with Gasteiger partial charge in [-0.2, -0.15) is 0 Å². The van der Waals surface area contributed by atoms with E-state index in [0.29, 0.717) is 26.1 Å². The van der Waals surface area contributed by atoms with Gasteiger partial charge in [-0.3, -0.25) is 14.4 Å². The van der Waals surface area contributed by atoms with E-state index in [0.717, 1.165) is 12.8 Å². The highest BCUT2D eigenvalue weighted by Crippen LogP contribution is 2.66. The molecule has 220 valence electrons. The largest absolute Gasteiger partial charge is 0.394 e. The third-order valence-corrected chi connectivity index (χ3v) is 9.64. The molecule has 3 aliphatic rings. The van der Waals surface area contributed by atoms with E-state index in [1.807, 2.05) is 48.5 Å². The van der Waals surface area contributed by atoms with Crippen LogP contribution in [0.5, 0.6) is 0 Å². The van der Waals surface area contributed by atoms with Crippen LogP contribution in [0.2, 0.25) is 0 Å². The fraction of sp³-hybridized carbons (Fsp3) is 0.774. The molecule has 3 fully saturated rings. The summed E-state index contributed by atoms with van der Waals surface area (Å²) in [4.78, 5) is 48.6. The van der Waals surface area contributed by atoms with E-state index >= 15 is 0 Å². The first-order valence-corrected chi connectivity index (χ1v) is 14.7. The average molecular weight is 546 g/mol. The molecule has 8 nitrogen and oxygen atoms in total. The number of hydrogen-bond acceptors (Lipinski definition) is 5. The predicted octanol–water partition coefficient (Wildman–Crippen LogP) is 3.64. The van der Waals surface area contributed by atoms with Gasteiger partial charge < -0.3 is 24.5 Å². The van der Waals surface area contributed by atoms with E-state index in [2.05, 4.69) is 20.1 Å². The lowest BCUT2D eigenvalue weighted by molar-refractivity contribution is -0.161. The van der Waals surface area contributed by atoms with E-state index in [1.54, 1.807) is 26.9 Å². The Morgan fingerprint density at radius 1 is 1.21 bits per heavy atom. The molecule has 8 heteroatoms. The van der Waals surface area contributed by atoms with Crippen LogP contribution in [0.15, 0.2) is 25.3 Å². The summed E-state index contributed by atoms with van der Waals surface area (Å²) in [6, 6.07) is -1.51. The van der Waals surface area contributed by atoms with Gasteiger partial charge in [0, 0.05) is 25.2 Å². The van der Waals surface area contributed by atoms with Gasteiger partial charge in [0.15, 0.2) is 0 Å². The first-order valence-electron chi connectivity index (χ1n) is 14.7. The molecule has 0 radical (unpaired) electrons. The lowest BCUT2D eigenvalue weighted by atomic mass is 9.62. The number of amides is 3. The predicted molar refractivity (Wildman–Crippen MR) is 153 cm³/mol. The minimum atomic E-state index is -1.15. The zero-order valence-electron chi connectivity index (χ0n) is 25.4. The van der Waals surface area contributed by atoms with Crippen molar-refractivity contribution < 1.29 is 24.2 Å². The topological polar surface area (TPSA) is 90.4 Å². The zero-order valence-corrected chi connectivity index (χ0v) is 25.4. The van der Waals surface area contributed by atoms with Gasteiger partial charge in [0.2, 0.25) is 17.7 Å². The number of carbonyl (C=O) groups is 3. The monoisotopic (exact) mass is 545 g/mol. The number of likely N-dealkylation sites (tertiary alicyclic amines) is 1. The molecular formula is C31H51N3O5. The summed E-state index contributed by atoms with van der Waals surface area (Å²) >= 11 is 0. The fourth-order valence-electron chi connectivity index (χ4n) is 7.39. The zero-order chi connectivity index (χ0) is 29.5. The number of fused-ring (bicyclic) bond motifs is 1. The highest BCUT2D eigenvalue weighted by atomic mass is 16.5. The standard InChI is InChI=1S/C31H51N3O5/c1-11-15-32(16-12-2)26(36)23-24-27(37)34(22(19-35)20(5)14-4)25(28(38)33(17-13-3)29(7,8)9)31(24)18-21(6)30(23,10)39-31/h11,13,20-25,35H,1,3,12,14-19H2,2,4-10H3/t20-,21?,22-,23+,24-,25?,30-,31?/m0/s1. The molecule has 3 saturated heterocycles. The summed E-state index contributed by atoms with van der Waals surface area (Å²) in [5.41, 5.74) is -2.57.